The minimum atomic E-state index is -0.495. The minimum absolute atomic E-state index is 0.0436. The lowest BCUT2D eigenvalue weighted by atomic mass is 10.1. The normalized spacial score (nSPS) is 17.0. The maximum atomic E-state index is 12.4. The fraction of sp³-hybridized carbons (Fsp3) is 0.421. The molecule has 1 aliphatic rings. The van der Waals surface area contributed by atoms with Crippen LogP contribution < -0.4 is 0 Å². The third kappa shape index (κ3) is 3.86. The molecule has 3 rings (SSSR count). The van der Waals surface area contributed by atoms with E-state index >= 15 is 0 Å². The number of carbonyl (C=O) groups is 1. The van der Waals surface area contributed by atoms with Gasteiger partial charge in [-0.2, -0.15) is 0 Å². The summed E-state index contributed by atoms with van der Waals surface area (Å²) < 4.78 is 5.55. The number of carbonyl (C=O) groups excluding carboxylic acids is 1. The summed E-state index contributed by atoms with van der Waals surface area (Å²) in [5.41, 5.74) is 0.929. The second-order valence-electron chi connectivity index (χ2n) is 6.14. The molecule has 0 bridgehead atoms. The van der Waals surface area contributed by atoms with Crippen molar-refractivity contribution in [2.45, 2.75) is 19.4 Å². The zero-order chi connectivity index (χ0) is 16.9. The molecule has 1 atom stereocenters. The Labute approximate surface area is 142 Å². The summed E-state index contributed by atoms with van der Waals surface area (Å²) in [5, 5.41) is 10.3. The molecule has 1 aromatic heterocycles. The standard InChI is InChI=1S/C19H24N2O3/c1-2-16-8-9-18(24-16)19(23)21-12-10-20(11-13-21)14-17(22)15-6-4-3-5-7-15/h3-9,17,22H,2,10-14H2,1H3/t17-/m1/s1. The van der Waals surface area contributed by atoms with Crippen LogP contribution >= 0.6 is 0 Å². The summed E-state index contributed by atoms with van der Waals surface area (Å²) in [7, 11) is 0. The number of amides is 1. The molecule has 1 aromatic carbocycles. The average molecular weight is 328 g/mol. The molecule has 5 heteroatoms. The molecule has 1 N–H and O–H groups in total. The van der Waals surface area contributed by atoms with E-state index < -0.39 is 6.10 Å². The fourth-order valence-corrected chi connectivity index (χ4v) is 3.00. The van der Waals surface area contributed by atoms with Crippen LogP contribution in [0.4, 0.5) is 0 Å². The summed E-state index contributed by atoms with van der Waals surface area (Å²) in [5.74, 6) is 1.21. The zero-order valence-electron chi connectivity index (χ0n) is 14.0. The van der Waals surface area contributed by atoms with Crippen LogP contribution in [0.25, 0.3) is 0 Å². The molecule has 128 valence electrons. The van der Waals surface area contributed by atoms with Gasteiger partial charge in [0.05, 0.1) is 6.10 Å². The highest BCUT2D eigenvalue weighted by Gasteiger charge is 2.25. The van der Waals surface area contributed by atoms with Crippen molar-refractivity contribution in [1.82, 2.24) is 9.80 Å². The van der Waals surface area contributed by atoms with Crippen molar-refractivity contribution in [1.29, 1.82) is 0 Å². The Bertz CT molecular complexity index is 660. The lowest BCUT2D eigenvalue weighted by molar-refractivity contribution is 0.0502. The van der Waals surface area contributed by atoms with E-state index in [4.69, 9.17) is 4.42 Å². The molecule has 1 fully saturated rings. The summed E-state index contributed by atoms with van der Waals surface area (Å²) in [4.78, 5) is 16.5. The van der Waals surface area contributed by atoms with Gasteiger partial charge >= 0.3 is 0 Å². The number of furan rings is 1. The largest absolute Gasteiger partial charge is 0.456 e. The Morgan fingerprint density at radius 1 is 1.12 bits per heavy atom. The molecule has 1 saturated heterocycles. The third-order valence-electron chi connectivity index (χ3n) is 4.50. The number of rotatable bonds is 5. The quantitative estimate of drug-likeness (QED) is 0.915. The topological polar surface area (TPSA) is 56.9 Å². The zero-order valence-corrected chi connectivity index (χ0v) is 14.0. The molecule has 2 heterocycles. The molecular formula is C19H24N2O3. The molecule has 2 aromatic rings. The van der Waals surface area contributed by atoms with Crippen LogP contribution in [0.2, 0.25) is 0 Å². The fourth-order valence-electron chi connectivity index (χ4n) is 3.00. The highest BCUT2D eigenvalue weighted by molar-refractivity contribution is 5.91. The van der Waals surface area contributed by atoms with Crippen molar-refractivity contribution in [3.05, 3.63) is 59.5 Å². The van der Waals surface area contributed by atoms with Gasteiger partial charge in [0, 0.05) is 39.1 Å². The monoisotopic (exact) mass is 328 g/mol. The number of benzene rings is 1. The average Bonchev–Trinajstić information content (AvgIpc) is 3.11. The first-order valence-corrected chi connectivity index (χ1v) is 8.50. The smallest absolute Gasteiger partial charge is 0.289 e. The van der Waals surface area contributed by atoms with Gasteiger partial charge in [0.15, 0.2) is 5.76 Å². The van der Waals surface area contributed by atoms with Gasteiger partial charge in [-0.25, -0.2) is 0 Å². The van der Waals surface area contributed by atoms with Crippen LogP contribution in [0.15, 0.2) is 46.9 Å². The van der Waals surface area contributed by atoms with Crippen LogP contribution in [0.3, 0.4) is 0 Å². The van der Waals surface area contributed by atoms with Crippen LogP contribution in [-0.4, -0.2) is 53.5 Å². The van der Waals surface area contributed by atoms with E-state index in [1.165, 1.54) is 0 Å². The van der Waals surface area contributed by atoms with Crippen molar-refractivity contribution in [2.24, 2.45) is 0 Å². The lowest BCUT2D eigenvalue weighted by Gasteiger charge is -2.35. The first kappa shape index (κ1) is 16.7. The molecular weight excluding hydrogens is 304 g/mol. The van der Waals surface area contributed by atoms with Gasteiger partial charge in [-0.3, -0.25) is 9.69 Å². The Morgan fingerprint density at radius 2 is 1.83 bits per heavy atom. The number of hydrogen-bond acceptors (Lipinski definition) is 4. The minimum Gasteiger partial charge on any atom is -0.456 e. The van der Waals surface area contributed by atoms with Gasteiger partial charge in [0.25, 0.3) is 5.91 Å². The van der Waals surface area contributed by atoms with Crippen LogP contribution in [0, 0.1) is 0 Å². The third-order valence-corrected chi connectivity index (χ3v) is 4.50. The maximum Gasteiger partial charge on any atom is 0.289 e. The molecule has 0 spiro atoms. The SMILES string of the molecule is CCc1ccc(C(=O)N2CCN(C[C@@H](O)c3ccccc3)CC2)o1. The van der Waals surface area contributed by atoms with E-state index in [1.807, 2.05) is 48.2 Å². The Kier molecular flexibility index (Phi) is 5.33. The number of β-amino-alcohol motifs (C(OH)–C–C–N with tert-alkyl or cyclic N) is 1. The first-order valence-electron chi connectivity index (χ1n) is 8.50. The number of aliphatic hydroxyl groups excluding tert-OH is 1. The van der Waals surface area contributed by atoms with E-state index in [0.717, 1.165) is 30.8 Å². The van der Waals surface area contributed by atoms with Crippen LogP contribution in [0.1, 0.15) is 34.9 Å². The molecule has 0 saturated carbocycles. The van der Waals surface area contributed by atoms with Gasteiger partial charge in [0.1, 0.15) is 5.76 Å². The molecule has 0 unspecified atom stereocenters. The predicted octanol–water partition coefficient (Wildman–Crippen LogP) is 2.33. The Balaban J connectivity index is 1.51. The Hall–Kier alpha value is -2.11. The van der Waals surface area contributed by atoms with Gasteiger partial charge in [-0.1, -0.05) is 37.3 Å². The summed E-state index contributed by atoms with van der Waals surface area (Å²) in [6.45, 7) is 5.43. The van der Waals surface area contributed by atoms with Crippen LogP contribution in [0.5, 0.6) is 0 Å². The van der Waals surface area contributed by atoms with E-state index in [-0.39, 0.29) is 5.91 Å². The van der Waals surface area contributed by atoms with Crippen molar-refractivity contribution in [3.63, 3.8) is 0 Å². The van der Waals surface area contributed by atoms with Gasteiger partial charge in [-0.05, 0) is 17.7 Å². The van der Waals surface area contributed by atoms with Gasteiger partial charge < -0.3 is 14.4 Å². The van der Waals surface area contributed by atoms with Crippen molar-refractivity contribution in [2.75, 3.05) is 32.7 Å². The molecule has 5 nitrogen and oxygen atoms in total. The second-order valence-corrected chi connectivity index (χ2v) is 6.14. The maximum absolute atomic E-state index is 12.4. The molecule has 1 amide bonds. The number of nitrogens with zero attached hydrogens (tertiary/aromatic N) is 2. The molecule has 1 aliphatic heterocycles. The van der Waals surface area contributed by atoms with Crippen molar-refractivity contribution in [3.8, 4) is 0 Å². The van der Waals surface area contributed by atoms with E-state index in [2.05, 4.69) is 4.90 Å². The second kappa shape index (κ2) is 7.64. The van der Waals surface area contributed by atoms with Gasteiger partial charge in [0.2, 0.25) is 0 Å². The summed E-state index contributed by atoms with van der Waals surface area (Å²) >= 11 is 0. The lowest BCUT2D eigenvalue weighted by Crippen LogP contribution is -2.49. The first-order chi connectivity index (χ1) is 11.7. The van der Waals surface area contributed by atoms with E-state index in [0.29, 0.717) is 25.4 Å². The van der Waals surface area contributed by atoms with Crippen molar-refractivity contribution >= 4 is 5.91 Å². The summed E-state index contributed by atoms with van der Waals surface area (Å²) in [6, 6.07) is 13.3. The number of aliphatic hydroxyl groups is 1. The van der Waals surface area contributed by atoms with Crippen LogP contribution in [-0.2, 0) is 6.42 Å². The van der Waals surface area contributed by atoms with E-state index in [9.17, 15) is 9.90 Å². The van der Waals surface area contributed by atoms with Crippen molar-refractivity contribution < 1.29 is 14.3 Å². The molecule has 0 radical (unpaired) electrons. The number of hydrogen-bond donors (Lipinski definition) is 1. The number of piperazine rings is 1. The Morgan fingerprint density at radius 3 is 2.46 bits per heavy atom. The highest BCUT2D eigenvalue weighted by atomic mass is 16.4. The predicted molar refractivity (Wildman–Crippen MR) is 91.8 cm³/mol. The summed E-state index contributed by atoms with van der Waals surface area (Å²) in [6.07, 6.45) is 0.295. The molecule has 24 heavy (non-hydrogen) atoms. The molecule has 0 aliphatic carbocycles. The highest BCUT2D eigenvalue weighted by Crippen LogP contribution is 2.16. The van der Waals surface area contributed by atoms with Gasteiger partial charge in [-0.15, -0.1) is 0 Å². The van der Waals surface area contributed by atoms with E-state index in [1.54, 1.807) is 6.07 Å². The number of aryl methyl sites for hydroxylation is 1.